The zero-order chi connectivity index (χ0) is 19.3. The maximum Gasteiger partial charge on any atom is 0.343 e. The van der Waals surface area contributed by atoms with E-state index in [1.54, 1.807) is 19.1 Å². The van der Waals surface area contributed by atoms with Gasteiger partial charge in [0.2, 0.25) is 0 Å². The molecule has 1 saturated heterocycles. The van der Waals surface area contributed by atoms with E-state index in [0.29, 0.717) is 5.02 Å². The second-order valence-electron chi connectivity index (χ2n) is 6.18. The summed E-state index contributed by atoms with van der Waals surface area (Å²) in [6, 6.07) is 10.6. The molecular formula is C17H17ClN2O5S. The number of aryl methyl sites for hydroxylation is 1. The molecule has 0 aliphatic carbocycles. The summed E-state index contributed by atoms with van der Waals surface area (Å²) in [7, 11) is -4.37. The van der Waals surface area contributed by atoms with Crippen LogP contribution in [-0.2, 0) is 10.0 Å². The van der Waals surface area contributed by atoms with Gasteiger partial charge in [0.05, 0.1) is 4.90 Å². The lowest BCUT2D eigenvalue weighted by Crippen LogP contribution is -2.50. The fourth-order valence-corrected chi connectivity index (χ4v) is 4.34. The first-order chi connectivity index (χ1) is 12.1. The fourth-order valence-electron chi connectivity index (χ4n) is 2.75. The van der Waals surface area contributed by atoms with Crippen molar-refractivity contribution in [2.75, 3.05) is 4.90 Å². The molecule has 1 heterocycles. The van der Waals surface area contributed by atoms with E-state index in [-0.39, 0.29) is 14.9 Å². The Morgan fingerprint density at radius 2 is 1.62 bits per heavy atom. The van der Waals surface area contributed by atoms with E-state index in [1.807, 2.05) is 0 Å². The third-order valence-electron chi connectivity index (χ3n) is 4.21. The van der Waals surface area contributed by atoms with E-state index < -0.39 is 28.0 Å². The number of nitrogens with zero attached hydrogens (tertiary/aromatic N) is 2. The number of hydrogen-bond donors (Lipinski definition) is 2. The minimum absolute atomic E-state index is 0.163. The van der Waals surface area contributed by atoms with Crippen molar-refractivity contribution in [1.82, 2.24) is 4.31 Å². The minimum atomic E-state index is -4.37. The molecule has 2 aromatic carbocycles. The molecule has 0 aromatic heterocycles. The van der Waals surface area contributed by atoms with E-state index in [9.17, 15) is 23.4 Å². The predicted octanol–water partition coefficient (Wildman–Crippen LogP) is 2.31. The van der Waals surface area contributed by atoms with Gasteiger partial charge in [-0.3, -0.25) is 4.90 Å². The van der Waals surface area contributed by atoms with Crippen LogP contribution in [0.4, 0.5) is 10.5 Å². The summed E-state index contributed by atoms with van der Waals surface area (Å²) in [5.74, 6) is 0. The molecular weight excluding hydrogens is 380 g/mol. The molecule has 3 rings (SSSR count). The minimum Gasteiger partial charge on any atom is -0.368 e. The topological polar surface area (TPSA) is 98.2 Å². The molecule has 2 unspecified atom stereocenters. The highest BCUT2D eigenvalue weighted by Gasteiger charge is 2.58. The molecule has 2 aromatic rings. The van der Waals surface area contributed by atoms with Crippen LogP contribution in [0, 0.1) is 6.92 Å². The van der Waals surface area contributed by atoms with Gasteiger partial charge in [-0.2, -0.15) is 4.31 Å². The van der Waals surface area contributed by atoms with E-state index >= 15 is 0 Å². The monoisotopic (exact) mass is 396 g/mol. The van der Waals surface area contributed by atoms with Crippen molar-refractivity contribution in [2.24, 2.45) is 0 Å². The Morgan fingerprint density at radius 3 is 2.15 bits per heavy atom. The fraction of sp³-hybridized carbons (Fsp3) is 0.235. The van der Waals surface area contributed by atoms with Crippen LogP contribution in [0.15, 0.2) is 53.4 Å². The van der Waals surface area contributed by atoms with Crippen LogP contribution in [0.25, 0.3) is 0 Å². The third kappa shape index (κ3) is 2.84. The molecule has 0 spiro atoms. The highest BCUT2D eigenvalue weighted by molar-refractivity contribution is 7.89. The van der Waals surface area contributed by atoms with E-state index in [0.717, 1.165) is 17.4 Å². The van der Waals surface area contributed by atoms with Crippen molar-refractivity contribution in [3.05, 3.63) is 59.1 Å². The number of halogens is 1. The molecule has 1 aliphatic heterocycles. The second-order valence-corrected chi connectivity index (χ2v) is 8.43. The Bertz CT molecular complexity index is 942. The number of rotatable bonds is 3. The number of benzene rings is 2. The molecule has 2 atom stereocenters. The lowest BCUT2D eigenvalue weighted by Gasteiger charge is -2.30. The van der Waals surface area contributed by atoms with Crippen molar-refractivity contribution < 1.29 is 23.4 Å². The van der Waals surface area contributed by atoms with Crippen LogP contribution < -0.4 is 4.90 Å². The van der Waals surface area contributed by atoms with Gasteiger partial charge in [0.1, 0.15) is 0 Å². The van der Waals surface area contributed by atoms with Crippen molar-refractivity contribution in [3.8, 4) is 0 Å². The number of aliphatic hydroxyl groups excluding tert-OH is 1. The number of anilines is 1. The Morgan fingerprint density at radius 1 is 1.08 bits per heavy atom. The first-order valence-electron chi connectivity index (χ1n) is 7.68. The van der Waals surface area contributed by atoms with Gasteiger partial charge in [0.15, 0.2) is 12.0 Å². The highest BCUT2D eigenvalue weighted by atomic mass is 35.5. The van der Waals surface area contributed by atoms with Crippen molar-refractivity contribution in [1.29, 1.82) is 0 Å². The Kier molecular flexibility index (Phi) is 4.48. The van der Waals surface area contributed by atoms with Crippen LogP contribution in [-0.4, -0.2) is 40.9 Å². The summed E-state index contributed by atoms with van der Waals surface area (Å²) in [4.78, 5) is 13.5. The molecule has 0 bridgehead atoms. The highest BCUT2D eigenvalue weighted by Crippen LogP contribution is 2.37. The molecule has 2 amide bonds. The Hall–Kier alpha value is -2.13. The molecule has 26 heavy (non-hydrogen) atoms. The van der Waals surface area contributed by atoms with Crippen molar-refractivity contribution in [2.45, 2.75) is 30.7 Å². The van der Waals surface area contributed by atoms with Gasteiger partial charge in [-0.1, -0.05) is 29.3 Å². The maximum absolute atomic E-state index is 12.9. The summed E-state index contributed by atoms with van der Waals surface area (Å²) in [6.07, 6.45) is -1.99. The van der Waals surface area contributed by atoms with Gasteiger partial charge in [0.25, 0.3) is 10.0 Å². The summed E-state index contributed by atoms with van der Waals surface area (Å²) in [6.45, 7) is 2.95. The van der Waals surface area contributed by atoms with Gasteiger partial charge in [-0.25, -0.2) is 13.2 Å². The molecule has 138 valence electrons. The van der Waals surface area contributed by atoms with Crippen LogP contribution >= 0.6 is 11.6 Å². The number of urea groups is 1. The zero-order valence-electron chi connectivity index (χ0n) is 14.0. The van der Waals surface area contributed by atoms with E-state index in [4.69, 9.17) is 11.6 Å². The molecule has 1 aliphatic rings. The number of sulfonamides is 1. The molecule has 0 saturated carbocycles. The van der Waals surface area contributed by atoms with Gasteiger partial charge < -0.3 is 10.2 Å². The molecule has 7 nitrogen and oxygen atoms in total. The number of aliphatic hydroxyl groups is 2. The summed E-state index contributed by atoms with van der Waals surface area (Å²) < 4.78 is 26.0. The summed E-state index contributed by atoms with van der Waals surface area (Å²) in [5.41, 5.74) is -1.13. The molecule has 2 N–H and O–H groups in total. The number of carbonyl (C=O) groups is 1. The average molecular weight is 397 g/mol. The largest absolute Gasteiger partial charge is 0.368 e. The third-order valence-corrected chi connectivity index (χ3v) is 6.20. The lowest BCUT2D eigenvalue weighted by molar-refractivity contribution is -0.0689. The second kappa shape index (κ2) is 6.24. The van der Waals surface area contributed by atoms with E-state index in [1.165, 1.54) is 36.4 Å². The first-order valence-corrected chi connectivity index (χ1v) is 9.50. The van der Waals surface area contributed by atoms with Crippen LogP contribution in [0.1, 0.15) is 12.5 Å². The predicted molar refractivity (Wildman–Crippen MR) is 96.2 cm³/mol. The van der Waals surface area contributed by atoms with Gasteiger partial charge in [0, 0.05) is 10.7 Å². The first kappa shape index (κ1) is 18.7. The van der Waals surface area contributed by atoms with Gasteiger partial charge in [-0.05, 0) is 50.2 Å². The van der Waals surface area contributed by atoms with Crippen LogP contribution in [0.2, 0.25) is 5.02 Å². The SMILES string of the molecule is Cc1ccc(S(=O)(=O)N2C(=O)N(c3ccc(Cl)cc3)C(C)(O)C2O)cc1. The molecule has 1 fully saturated rings. The van der Waals surface area contributed by atoms with Gasteiger partial charge in [-0.15, -0.1) is 0 Å². The quantitative estimate of drug-likeness (QED) is 0.829. The number of amides is 2. The summed E-state index contributed by atoms with van der Waals surface area (Å²) >= 11 is 5.83. The normalized spacial score (nSPS) is 23.6. The zero-order valence-corrected chi connectivity index (χ0v) is 15.6. The van der Waals surface area contributed by atoms with Crippen molar-refractivity contribution in [3.63, 3.8) is 0 Å². The number of carbonyl (C=O) groups excluding carboxylic acids is 1. The Labute approximate surface area is 156 Å². The molecule has 9 heteroatoms. The standard InChI is InChI=1S/C17H17ClN2O5S/c1-11-3-9-14(10-4-11)26(24,25)20-15(21)17(2,23)19(16(20)22)13-7-5-12(18)6-8-13/h3-10,15,21,23H,1-2H3. The van der Waals surface area contributed by atoms with Gasteiger partial charge >= 0.3 is 6.03 Å². The lowest BCUT2D eigenvalue weighted by atomic mass is 10.2. The smallest absolute Gasteiger partial charge is 0.343 e. The van der Waals surface area contributed by atoms with Crippen LogP contribution in [0.5, 0.6) is 0 Å². The van der Waals surface area contributed by atoms with Crippen molar-refractivity contribution >= 4 is 33.3 Å². The number of hydrogen-bond acceptors (Lipinski definition) is 5. The average Bonchev–Trinajstić information content (AvgIpc) is 2.74. The van der Waals surface area contributed by atoms with E-state index in [2.05, 4.69) is 0 Å². The summed E-state index contributed by atoms with van der Waals surface area (Å²) in [5, 5.41) is 21.5. The molecule has 0 radical (unpaired) electrons. The van der Waals surface area contributed by atoms with Crippen LogP contribution in [0.3, 0.4) is 0 Å². The Balaban J connectivity index is 2.08. The maximum atomic E-state index is 12.9.